The summed E-state index contributed by atoms with van der Waals surface area (Å²) in [7, 11) is 2.29. The molecule has 120 valence electrons. The van der Waals surface area contributed by atoms with Gasteiger partial charge in [-0.05, 0) is 68.8 Å². The van der Waals surface area contributed by atoms with Crippen LogP contribution < -0.4 is 5.32 Å². The molecule has 1 N–H and O–H groups in total. The van der Waals surface area contributed by atoms with Crippen LogP contribution in [0.4, 0.5) is 5.69 Å². The van der Waals surface area contributed by atoms with Crippen LogP contribution in [0.2, 0.25) is 0 Å². The number of fused-ring (bicyclic) bond motifs is 1. The molecule has 0 saturated carbocycles. The molecule has 3 aliphatic heterocycles. The van der Waals surface area contributed by atoms with Crippen molar-refractivity contribution < 1.29 is 4.74 Å². The van der Waals surface area contributed by atoms with Crippen LogP contribution in [0, 0.1) is 0 Å². The van der Waals surface area contributed by atoms with E-state index in [1.165, 1.54) is 49.9 Å². The SMILES string of the molecule is CN1CCC[C@@H]1CC1CNc2ccc(C3CCOCC3)cc21. The van der Waals surface area contributed by atoms with Gasteiger partial charge in [-0.15, -0.1) is 0 Å². The number of hydrogen-bond acceptors (Lipinski definition) is 3. The second-order valence-corrected chi connectivity index (χ2v) is 7.32. The van der Waals surface area contributed by atoms with Gasteiger partial charge < -0.3 is 15.0 Å². The van der Waals surface area contributed by atoms with Crippen LogP contribution in [0.1, 0.15) is 55.1 Å². The molecule has 1 unspecified atom stereocenters. The highest BCUT2D eigenvalue weighted by Crippen LogP contribution is 2.39. The summed E-state index contributed by atoms with van der Waals surface area (Å²) in [5, 5.41) is 3.63. The quantitative estimate of drug-likeness (QED) is 0.923. The van der Waals surface area contributed by atoms with E-state index in [0.29, 0.717) is 11.8 Å². The van der Waals surface area contributed by atoms with E-state index in [1.54, 1.807) is 5.56 Å². The zero-order valence-corrected chi connectivity index (χ0v) is 13.7. The molecular weight excluding hydrogens is 272 g/mol. The van der Waals surface area contributed by atoms with Crippen molar-refractivity contribution in [2.24, 2.45) is 0 Å². The van der Waals surface area contributed by atoms with Gasteiger partial charge in [0, 0.05) is 37.4 Å². The highest BCUT2D eigenvalue weighted by molar-refractivity contribution is 5.59. The lowest BCUT2D eigenvalue weighted by Gasteiger charge is -2.25. The van der Waals surface area contributed by atoms with E-state index in [4.69, 9.17) is 4.74 Å². The molecule has 0 aromatic heterocycles. The van der Waals surface area contributed by atoms with Crippen LogP contribution in [0.5, 0.6) is 0 Å². The minimum atomic E-state index is 0.695. The number of nitrogens with one attached hydrogen (secondary N) is 1. The average Bonchev–Trinajstić information content (AvgIpc) is 3.15. The largest absolute Gasteiger partial charge is 0.384 e. The smallest absolute Gasteiger partial charge is 0.0471 e. The van der Waals surface area contributed by atoms with Crippen LogP contribution in [0.25, 0.3) is 0 Å². The number of nitrogens with zero attached hydrogens (tertiary/aromatic N) is 1. The summed E-state index contributed by atoms with van der Waals surface area (Å²) in [5.74, 6) is 1.40. The van der Waals surface area contributed by atoms with Crippen molar-refractivity contribution >= 4 is 5.69 Å². The van der Waals surface area contributed by atoms with Crippen molar-refractivity contribution in [1.82, 2.24) is 4.90 Å². The highest BCUT2D eigenvalue weighted by atomic mass is 16.5. The van der Waals surface area contributed by atoms with Crippen molar-refractivity contribution in [2.75, 3.05) is 38.7 Å². The Balaban J connectivity index is 1.52. The third-order valence-corrected chi connectivity index (χ3v) is 5.98. The van der Waals surface area contributed by atoms with E-state index in [-0.39, 0.29) is 0 Å². The Morgan fingerprint density at radius 1 is 1.23 bits per heavy atom. The Morgan fingerprint density at radius 2 is 2.09 bits per heavy atom. The van der Waals surface area contributed by atoms with Gasteiger partial charge in [-0.25, -0.2) is 0 Å². The predicted molar refractivity (Wildman–Crippen MR) is 90.7 cm³/mol. The Hall–Kier alpha value is -1.06. The lowest BCUT2D eigenvalue weighted by Crippen LogP contribution is -2.27. The molecule has 0 radical (unpaired) electrons. The van der Waals surface area contributed by atoms with Crippen LogP contribution >= 0.6 is 0 Å². The summed E-state index contributed by atoms with van der Waals surface area (Å²) >= 11 is 0. The third-order valence-electron chi connectivity index (χ3n) is 5.98. The first kappa shape index (κ1) is 14.5. The second-order valence-electron chi connectivity index (χ2n) is 7.32. The standard InChI is InChI=1S/C19H28N2O/c1-21-8-2-3-17(21)11-16-13-20-19-5-4-15(12-18(16)19)14-6-9-22-10-7-14/h4-5,12,14,16-17,20H,2-3,6-11,13H2,1H3/t16?,17-/m1/s1. The van der Waals surface area contributed by atoms with Crippen molar-refractivity contribution in [3.8, 4) is 0 Å². The first-order chi connectivity index (χ1) is 10.8. The fraction of sp³-hybridized carbons (Fsp3) is 0.684. The molecule has 1 aromatic rings. The van der Waals surface area contributed by atoms with Gasteiger partial charge in [-0.3, -0.25) is 0 Å². The molecule has 0 spiro atoms. The predicted octanol–water partition coefficient (Wildman–Crippen LogP) is 3.57. The van der Waals surface area contributed by atoms with E-state index in [0.717, 1.165) is 25.8 Å². The van der Waals surface area contributed by atoms with E-state index < -0.39 is 0 Å². The second kappa shape index (κ2) is 6.21. The zero-order valence-electron chi connectivity index (χ0n) is 13.7. The topological polar surface area (TPSA) is 24.5 Å². The van der Waals surface area contributed by atoms with Crippen molar-refractivity contribution in [2.45, 2.75) is 50.0 Å². The van der Waals surface area contributed by atoms with Crippen LogP contribution in [0.3, 0.4) is 0 Å². The Morgan fingerprint density at radius 3 is 2.86 bits per heavy atom. The van der Waals surface area contributed by atoms with Crippen molar-refractivity contribution in [3.05, 3.63) is 29.3 Å². The van der Waals surface area contributed by atoms with Crippen LogP contribution in [-0.4, -0.2) is 44.3 Å². The number of likely N-dealkylation sites (tertiary alicyclic amines) is 1. The Kier molecular flexibility index (Phi) is 4.10. The molecule has 2 fully saturated rings. The van der Waals surface area contributed by atoms with Crippen molar-refractivity contribution in [3.63, 3.8) is 0 Å². The molecule has 0 amide bonds. The maximum Gasteiger partial charge on any atom is 0.0471 e. The van der Waals surface area contributed by atoms with Crippen LogP contribution in [-0.2, 0) is 4.74 Å². The summed E-state index contributed by atoms with van der Waals surface area (Å²) < 4.78 is 5.52. The molecule has 4 rings (SSSR count). The lowest BCUT2D eigenvalue weighted by molar-refractivity contribution is 0.0853. The van der Waals surface area contributed by atoms with Gasteiger partial charge in [-0.1, -0.05) is 12.1 Å². The summed E-state index contributed by atoms with van der Waals surface area (Å²) in [4.78, 5) is 2.56. The number of hydrogen-bond donors (Lipinski definition) is 1. The molecule has 3 aliphatic rings. The fourth-order valence-corrected chi connectivity index (χ4v) is 4.52. The monoisotopic (exact) mass is 300 g/mol. The minimum absolute atomic E-state index is 0.695. The fourth-order valence-electron chi connectivity index (χ4n) is 4.52. The molecule has 2 saturated heterocycles. The van der Waals surface area contributed by atoms with E-state index >= 15 is 0 Å². The third kappa shape index (κ3) is 2.77. The first-order valence-electron chi connectivity index (χ1n) is 8.97. The van der Waals surface area contributed by atoms with E-state index in [2.05, 4.69) is 35.5 Å². The molecule has 3 heteroatoms. The van der Waals surface area contributed by atoms with E-state index in [9.17, 15) is 0 Å². The Labute approximate surface area is 134 Å². The summed E-state index contributed by atoms with van der Waals surface area (Å²) in [6, 6.07) is 7.94. The molecule has 3 nitrogen and oxygen atoms in total. The molecule has 0 bridgehead atoms. The summed E-state index contributed by atoms with van der Waals surface area (Å²) in [6.45, 7) is 4.25. The minimum Gasteiger partial charge on any atom is -0.384 e. The first-order valence-corrected chi connectivity index (χ1v) is 8.97. The molecular formula is C19H28N2O. The normalized spacial score (nSPS) is 29.5. The number of anilines is 1. The highest BCUT2D eigenvalue weighted by Gasteiger charge is 2.30. The molecule has 2 atom stereocenters. The van der Waals surface area contributed by atoms with Gasteiger partial charge in [0.05, 0.1) is 0 Å². The number of rotatable bonds is 3. The van der Waals surface area contributed by atoms with Gasteiger partial charge in [-0.2, -0.15) is 0 Å². The van der Waals surface area contributed by atoms with Crippen molar-refractivity contribution in [1.29, 1.82) is 0 Å². The van der Waals surface area contributed by atoms with Crippen LogP contribution in [0.15, 0.2) is 18.2 Å². The molecule has 3 heterocycles. The molecule has 1 aromatic carbocycles. The Bertz CT molecular complexity index is 524. The zero-order chi connectivity index (χ0) is 14.9. The van der Waals surface area contributed by atoms with Gasteiger partial charge in [0.2, 0.25) is 0 Å². The average molecular weight is 300 g/mol. The maximum atomic E-state index is 5.52. The summed E-state index contributed by atoms with van der Waals surface area (Å²) in [6.07, 6.45) is 6.43. The molecule has 22 heavy (non-hydrogen) atoms. The van der Waals surface area contributed by atoms with E-state index in [1.807, 2.05) is 0 Å². The lowest BCUT2D eigenvalue weighted by atomic mass is 9.87. The van der Waals surface area contributed by atoms with Gasteiger partial charge in [0.15, 0.2) is 0 Å². The van der Waals surface area contributed by atoms with Gasteiger partial charge in [0.25, 0.3) is 0 Å². The van der Waals surface area contributed by atoms with Gasteiger partial charge in [0.1, 0.15) is 0 Å². The maximum absolute atomic E-state index is 5.52. The number of benzene rings is 1. The van der Waals surface area contributed by atoms with Gasteiger partial charge >= 0.3 is 0 Å². The summed E-state index contributed by atoms with van der Waals surface area (Å²) in [5.41, 5.74) is 4.49. The number of ether oxygens (including phenoxy) is 1. The molecule has 0 aliphatic carbocycles.